The standard InChI is InChI=1S/C29H25N3O3/c1-31(2)24-16-15-21(17-26-28(33)30-32(29(26)34)23-12-4-3-5-13-23)27(18-24)35-19-22-11-8-10-20-9-6-7-14-25(20)22/h3-18H,19H2,1-2H3,(H,30,33)/b26-17-. The highest BCUT2D eigenvalue weighted by Crippen LogP contribution is 2.30. The maximum atomic E-state index is 13.1. The Kier molecular flexibility index (Phi) is 5.94. The first-order valence-electron chi connectivity index (χ1n) is 11.3. The molecule has 6 nitrogen and oxygen atoms in total. The summed E-state index contributed by atoms with van der Waals surface area (Å²) in [4.78, 5) is 27.7. The Hall–Kier alpha value is -4.58. The Labute approximate surface area is 204 Å². The van der Waals surface area contributed by atoms with Crippen molar-refractivity contribution in [2.75, 3.05) is 24.0 Å². The third-order valence-corrected chi connectivity index (χ3v) is 5.98. The van der Waals surface area contributed by atoms with Crippen molar-refractivity contribution < 1.29 is 14.3 Å². The van der Waals surface area contributed by atoms with E-state index in [1.54, 1.807) is 18.2 Å². The largest absolute Gasteiger partial charge is 0.488 e. The summed E-state index contributed by atoms with van der Waals surface area (Å²) < 4.78 is 6.29. The molecule has 1 aliphatic rings. The Morgan fingerprint density at radius 3 is 2.43 bits per heavy atom. The quantitative estimate of drug-likeness (QED) is 0.325. The number of fused-ring (bicyclic) bond motifs is 1. The number of nitrogens with one attached hydrogen (secondary N) is 1. The minimum Gasteiger partial charge on any atom is -0.488 e. The summed E-state index contributed by atoms with van der Waals surface area (Å²) in [5, 5.41) is 3.54. The number of ether oxygens (including phenoxy) is 1. The van der Waals surface area contributed by atoms with Gasteiger partial charge in [-0.1, -0.05) is 60.7 Å². The predicted molar refractivity (Wildman–Crippen MR) is 139 cm³/mol. The topological polar surface area (TPSA) is 61.9 Å². The van der Waals surface area contributed by atoms with Gasteiger partial charge in [0.25, 0.3) is 11.8 Å². The van der Waals surface area contributed by atoms with E-state index in [9.17, 15) is 9.59 Å². The number of rotatable bonds is 6. The second kappa shape index (κ2) is 9.35. The van der Waals surface area contributed by atoms with Crippen LogP contribution in [0.15, 0.2) is 96.6 Å². The van der Waals surface area contributed by atoms with E-state index < -0.39 is 11.8 Å². The summed E-state index contributed by atoms with van der Waals surface area (Å²) in [5.41, 5.74) is 5.97. The third-order valence-electron chi connectivity index (χ3n) is 5.98. The zero-order valence-corrected chi connectivity index (χ0v) is 19.6. The average molecular weight is 464 g/mol. The molecule has 35 heavy (non-hydrogen) atoms. The van der Waals surface area contributed by atoms with Crippen LogP contribution in [0.25, 0.3) is 16.8 Å². The van der Waals surface area contributed by atoms with Gasteiger partial charge in [-0.3, -0.25) is 15.0 Å². The van der Waals surface area contributed by atoms with Crippen LogP contribution < -0.4 is 20.1 Å². The summed E-state index contributed by atoms with van der Waals surface area (Å²) in [6.45, 7) is 0.352. The van der Waals surface area contributed by atoms with Crippen molar-refractivity contribution in [2.24, 2.45) is 0 Å². The van der Waals surface area contributed by atoms with Crippen LogP contribution in [0.2, 0.25) is 0 Å². The Morgan fingerprint density at radius 2 is 1.63 bits per heavy atom. The second-order valence-electron chi connectivity index (χ2n) is 8.52. The molecule has 4 aromatic rings. The maximum Gasteiger partial charge on any atom is 0.282 e. The van der Waals surface area contributed by atoms with E-state index in [4.69, 9.17) is 4.74 Å². The number of nitrogens with zero attached hydrogens (tertiary/aromatic N) is 2. The molecule has 0 bridgehead atoms. The van der Waals surface area contributed by atoms with Crippen molar-refractivity contribution in [1.29, 1.82) is 0 Å². The number of para-hydroxylation sites is 1. The highest BCUT2D eigenvalue weighted by atomic mass is 16.5. The van der Waals surface area contributed by atoms with Crippen LogP contribution in [-0.2, 0) is 16.2 Å². The average Bonchev–Trinajstić information content (AvgIpc) is 3.16. The molecule has 2 amide bonds. The van der Waals surface area contributed by atoms with Gasteiger partial charge in [-0.05, 0) is 46.7 Å². The zero-order valence-electron chi connectivity index (χ0n) is 19.6. The van der Waals surface area contributed by atoms with Crippen LogP contribution in [0, 0.1) is 0 Å². The van der Waals surface area contributed by atoms with E-state index in [-0.39, 0.29) is 5.57 Å². The molecular formula is C29H25N3O3. The number of carbonyl (C=O) groups excluding carboxylic acids is 2. The SMILES string of the molecule is CN(C)c1ccc(/C=C2/C(=O)NN(c3ccccc3)C2=O)c(OCc2cccc3ccccc23)c1. The molecule has 1 N–H and O–H groups in total. The molecule has 1 heterocycles. The first-order chi connectivity index (χ1) is 17.0. The van der Waals surface area contributed by atoms with E-state index >= 15 is 0 Å². The molecule has 0 unspecified atom stereocenters. The number of amides is 2. The van der Waals surface area contributed by atoms with Crippen molar-refractivity contribution >= 4 is 40.0 Å². The summed E-state index contributed by atoms with van der Waals surface area (Å²) in [7, 11) is 3.90. The monoisotopic (exact) mass is 463 g/mol. The highest BCUT2D eigenvalue weighted by molar-refractivity contribution is 6.31. The van der Waals surface area contributed by atoms with Crippen LogP contribution in [0.1, 0.15) is 11.1 Å². The van der Waals surface area contributed by atoms with Crippen LogP contribution in [0.3, 0.4) is 0 Å². The van der Waals surface area contributed by atoms with Crippen molar-refractivity contribution in [3.8, 4) is 5.75 Å². The van der Waals surface area contributed by atoms with Crippen LogP contribution in [0.4, 0.5) is 11.4 Å². The van der Waals surface area contributed by atoms with E-state index in [1.165, 1.54) is 5.01 Å². The number of hydrogen-bond donors (Lipinski definition) is 1. The smallest absolute Gasteiger partial charge is 0.282 e. The lowest BCUT2D eigenvalue weighted by atomic mass is 10.1. The molecule has 4 aromatic carbocycles. The number of anilines is 2. The van der Waals surface area contributed by atoms with Gasteiger partial charge in [0.1, 0.15) is 17.9 Å². The minimum absolute atomic E-state index is 0.0569. The molecule has 0 atom stereocenters. The number of carbonyl (C=O) groups is 2. The van der Waals surface area contributed by atoms with Gasteiger partial charge in [0.05, 0.1) is 5.69 Å². The molecule has 1 aliphatic heterocycles. The molecule has 0 spiro atoms. The van der Waals surface area contributed by atoms with Gasteiger partial charge < -0.3 is 9.64 Å². The summed E-state index contributed by atoms with van der Waals surface area (Å²) in [6, 6.07) is 29.1. The van der Waals surface area contributed by atoms with Crippen LogP contribution >= 0.6 is 0 Å². The summed E-state index contributed by atoms with van der Waals surface area (Å²) in [6.07, 6.45) is 1.60. The van der Waals surface area contributed by atoms with Gasteiger partial charge in [0.2, 0.25) is 0 Å². The molecule has 1 fully saturated rings. The molecule has 0 radical (unpaired) electrons. The lowest BCUT2D eigenvalue weighted by Gasteiger charge is -2.17. The van der Waals surface area contributed by atoms with E-state index in [0.717, 1.165) is 22.0 Å². The number of hydrogen-bond acceptors (Lipinski definition) is 4. The fourth-order valence-corrected chi connectivity index (χ4v) is 4.09. The lowest BCUT2D eigenvalue weighted by Crippen LogP contribution is -2.35. The molecule has 6 heteroatoms. The molecule has 5 rings (SSSR count). The van der Waals surface area contributed by atoms with Crippen LogP contribution in [-0.4, -0.2) is 25.9 Å². The van der Waals surface area contributed by atoms with Gasteiger partial charge in [-0.15, -0.1) is 0 Å². The lowest BCUT2D eigenvalue weighted by molar-refractivity contribution is -0.117. The first-order valence-corrected chi connectivity index (χ1v) is 11.3. The minimum atomic E-state index is -0.449. The second-order valence-corrected chi connectivity index (χ2v) is 8.52. The van der Waals surface area contributed by atoms with Crippen molar-refractivity contribution in [2.45, 2.75) is 6.61 Å². The van der Waals surface area contributed by atoms with Crippen molar-refractivity contribution in [3.63, 3.8) is 0 Å². The van der Waals surface area contributed by atoms with Gasteiger partial charge in [0.15, 0.2) is 0 Å². The van der Waals surface area contributed by atoms with E-state index in [1.807, 2.05) is 79.7 Å². The molecule has 0 aliphatic carbocycles. The van der Waals surface area contributed by atoms with Gasteiger partial charge in [0, 0.05) is 31.4 Å². The first kappa shape index (κ1) is 22.2. The summed E-state index contributed by atoms with van der Waals surface area (Å²) >= 11 is 0. The van der Waals surface area contributed by atoms with Gasteiger partial charge in [-0.2, -0.15) is 0 Å². The Bertz CT molecular complexity index is 1440. The highest BCUT2D eigenvalue weighted by Gasteiger charge is 2.34. The molecule has 0 aromatic heterocycles. The number of hydrazine groups is 1. The fourth-order valence-electron chi connectivity index (χ4n) is 4.09. The van der Waals surface area contributed by atoms with Crippen molar-refractivity contribution in [1.82, 2.24) is 5.43 Å². The van der Waals surface area contributed by atoms with Gasteiger partial charge in [-0.25, -0.2) is 5.01 Å². The fraction of sp³-hybridized carbons (Fsp3) is 0.103. The zero-order chi connectivity index (χ0) is 24.4. The third kappa shape index (κ3) is 4.46. The Morgan fingerprint density at radius 1 is 0.886 bits per heavy atom. The van der Waals surface area contributed by atoms with E-state index in [0.29, 0.717) is 23.6 Å². The normalized spacial score (nSPS) is 14.5. The van der Waals surface area contributed by atoms with E-state index in [2.05, 4.69) is 23.6 Å². The Balaban J connectivity index is 1.48. The number of benzene rings is 4. The van der Waals surface area contributed by atoms with Gasteiger partial charge >= 0.3 is 0 Å². The summed E-state index contributed by atoms with van der Waals surface area (Å²) in [5.74, 6) is -0.260. The molecule has 0 saturated carbocycles. The molecule has 174 valence electrons. The van der Waals surface area contributed by atoms with Crippen LogP contribution in [0.5, 0.6) is 5.75 Å². The maximum absolute atomic E-state index is 13.1. The van der Waals surface area contributed by atoms with Crippen molar-refractivity contribution in [3.05, 3.63) is 108 Å². The molecular weight excluding hydrogens is 438 g/mol. The molecule has 1 saturated heterocycles. The predicted octanol–water partition coefficient (Wildman–Crippen LogP) is 4.95.